The van der Waals surface area contributed by atoms with Gasteiger partial charge in [0.15, 0.2) is 9.84 Å². The van der Waals surface area contributed by atoms with Gasteiger partial charge in [0.05, 0.1) is 4.90 Å². The molecule has 0 saturated carbocycles. The maximum absolute atomic E-state index is 12.3. The van der Waals surface area contributed by atoms with Crippen LogP contribution < -0.4 is 5.32 Å². The van der Waals surface area contributed by atoms with E-state index >= 15 is 0 Å². The quantitative estimate of drug-likeness (QED) is 0.839. The Labute approximate surface area is 143 Å². The fraction of sp³-hybridized carbons (Fsp3) is 0.316. The summed E-state index contributed by atoms with van der Waals surface area (Å²) in [6.45, 7) is 3.77. The first-order chi connectivity index (χ1) is 11.4. The fourth-order valence-corrected chi connectivity index (χ4v) is 3.56. The van der Waals surface area contributed by atoms with Gasteiger partial charge in [0.2, 0.25) is 5.91 Å². The Kier molecular flexibility index (Phi) is 6.15. The van der Waals surface area contributed by atoms with Gasteiger partial charge in [0.1, 0.15) is 5.75 Å². The van der Waals surface area contributed by atoms with Crippen molar-refractivity contribution >= 4 is 15.7 Å². The SMILES string of the molecule is Cc1ccc(S(=O)(=O)CC(=O)NC(C)CCc2ccccc2)cc1. The maximum atomic E-state index is 12.3. The number of hydrogen-bond acceptors (Lipinski definition) is 3. The van der Waals surface area contributed by atoms with E-state index in [1.54, 1.807) is 12.1 Å². The van der Waals surface area contributed by atoms with Crippen LogP contribution >= 0.6 is 0 Å². The molecule has 0 aromatic heterocycles. The summed E-state index contributed by atoms with van der Waals surface area (Å²) in [7, 11) is -3.60. The van der Waals surface area contributed by atoms with Crippen LogP contribution in [0.25, 0.3) is 0 Å². The first-order valence-electron chi connectivity index (χ1n) is 7.99. The maximum Gasteiger partial charge on any atom is 0.235 e. The van der Waals surface area contributed by atoms with Gasteiger partial charge in [0, 0.05) is 6.04 Å². The second-order valence-electron chi connectivity index (χ2n) is 6.06. The van der Waals surface area contributed by atoms with Crippen LogP contribution in [0.15, 0.2) is 59.5 Å². The number of sulfone groups is 1. The van der Waals surface area contributed by atoms with Gasteiger partial charge < -0.3 is 5.32 Å². The van der Waals surface area contributed by atoms with E-state index in [1.807, 2.05) is 44.2 Å². The van der Waals surface area contributed by atoms with Gasteiger partial charge in [-0.15, -0.1) is 0 Å². The lowest BCUT2D eigenvalue weighted by molar-refractivity contribution is -0.119. The second-order valence-corrected chi connectivity index (χ2v) is 8.05. The van der Waals surface area contributed by atoms with E-state index in [0.717, 1.165) is 18.4 Å². The number of nitrogens with one attached hydrogen (secondary N) is 1. The third-order valence-electron chi connectivity index (χ3n) is 3.82. The van der Waals surface area contributed by atoms with Crippen molar-refractivity contribution < 1.29 is 13.2 Å². The summed E-state index contributed by atoms with van der Waals surface area (Å²) in [5.74, 6) is -0.984. The van der Waals surface area contributed by atoms with Crippen molar-refractivity contribution in [3.05, 3.63) is 65.7 Å². The summed E-state index contributed by atoms with van der Waals surface area (Å²) in [6, 6.07) is 16.5. The Morgan fingerprint density at radius 3 is 2.29 bits per heavy atom. The van der Waals surface area contributed by atoms with E-state index in [1.165, 1.54) is 17.7 Å². The third kappa shape index (κ3) is 5.49. The molecule has 0 aliphatic carbocycles. The predicted octanol–water partition coefficient (Wildman–Crippen LogP) is 2.91. The van der Waals surface area contributed by atoms with Gasteiger partial charge in [-0.1, -0.05) is 48.0 Å². The minimum atomic E-state index is -3.60. The van der Waals surface area contributed by atoms with Crippen LogP contribution in [0.1, 0.15) is 24.5 Å². The van der Waals surface area contributed by atoms with E-state index in [2.05, 4.69) is 5.32 Å². The van der Waals surface area contributed by atoms with Gasteiger partial charge >= 0.3 is 0 Å². The molecule has 2 aromatic rings. The van der Waals surface area contributed by atoms with Gasteiger partial charge in [-0.3, -0.25) is 4.79 Å². The molecule has 0 spiro atoms. The van der Waals surface area contributed by atoms with Crippen LogP contribution in [0.4, 0.5) is 0 Å². The summed E-state index contributed by atoms with van der Waals surface area (Å²) in [5, 5.41) is 2.77. The molecule has 0 fully saturated rings. The number of rotatable bonds is 7. The number of carbonyl (C=O) groups excluding carboxylic acids is 1. The monoisotopic (exact) mass is 345 g/mol. The molecular weight excluding hydrogens is 322 g/mol. The van der Waals surface area contributed by atoms with Crippen LogP contribution in [0.5, 0.6) is 0 Å². The Bertz CT molecular complexity index is 768. The van der Waals surface area contributed by atoms with Crippen LogP contribution in [0.3, 0.4) is 0 Å². The van der Waals surface area contributed by atoms with Crippen molar-refractivity contribution in [1.29, 1.82) is 0 Å². The fourth-order valence-electron chi connectivity index (χ4n) is 2.42. The molecule has 128 valence electrons. The molecule has 0 radical (unpaired) electrons. The molecule has 1 atom stereocenters. The highest BCUT2D eigenvalue weighted by atomic mass is 32.2. The number of aryl methyl sites for hydroxylation is 2. The summed E-state index contributed by atoms with van der Waals surface area (Å²) in [4.78, 5) is 12.2. The van der Waals surface area contributed by atoms with E-state index < -0.39 is 21.5 Å². The van der Waals surface area contributed by atoms with Crippen LogP contribution in [-0.2, 0) is 21.1 Å². The van der Waals surface area contributed by atoms with E-state index in [0.29, 0.717) is 0 Å². The topological polar surface area (TPSA) is 63.2 Å². The third-order valence-corrected chi connectivity index (χ3v) is 5.45. The zero-order chi connectivity index (χ0) is 17.6. The summed E-state index contributed by atoms with van der Waals surface area (Å²) in [6.07, 6.45) is 1.60. The van der Waals surface area contributed by atoms with E-state index in [-0.39, 0.29) is 10.9 Å². The zero-order valence-corrected chi connectivity index (χ0v) is 14.8. The van der Waals surface area contributed by atoms with Crippen LogP contribution in [0.2, 0.25) is 0 Å². The van der Waals surface area contributed by atoms with Gasteiger partial charge in [-0.2, -0.15) is 0 Å². The molecule has 5 heteroatoms. The molecule has 4 nitrogen and oxygen atoms in total. The van der Waals surface area contributed by atoms with Crippen molar-refractivity contribution in [2.45, 2.75) is 37.6 Å². The molecule has 1 amide bonds. The number of benzene rings is 2. The molecule has 0 bridgehead atoms. The Morgan fingerprint density at radius 2 is 1.67 bits per heavy atom. The minimum absolute atomic E-state index is 0.0778. The molecule has 0 heterocycles. The lowest BCUT2D eigenvalue weighted by atomic mass is 10.1. The number of hydrogen-bond donors (Lipinski definition) is 1. The lowest BCUT2D eigenvalue weighted by Crippen LogP contribution is -2.37. The molecule has 1 unspecified atom stereocenters. The number of amides is 1. The summed E-state index contributed by atoms with van der Waals surface area (Å²) < 4.78 is 24.5. The van der Waals surface area contributed by atoms with Crippen LogP contribution in [-0.4, -0.2) is 26.1 Å². The largest absolute Gasteiger partial charge is 0.353 e. The zero-order valence-electron chi connectivity index (χ0n) is 14.0. The molecule has 0 saturated heterocycles. The normalized spacial score (nSPS) is 12.6. The Balaban J connectivity index is 1.86. The molecule has 0 aliphatic heterocycles. The average molecular weight is 345 g/mol. The molecule has 2 aromatic carbocycles. The van der Waals surface area contributed by atoms with Crippen molar-refractivity contribution in [1.82, 2.24) is 5.32 Å². The Morgan fingerprint density at radius 1 is 1.04 bits per heavy atom. The molecule has 24 heavy (non-hydrogen) atoms. The highest BCUT2D eigenvalue weighted by molar-refractivity contribution is 7.92. The smallest absolute Gasteiger partial charge is 0.235 e. The van der Waals surface area contributed by atoms with Gasteiger partial charge in [0.25, 0.3) is 0 Å². The highest BCUT2D eigenvalue weighted by Gasteiger charge is 2.20. The summed E-state index contributed by atoms with van der Waals surface area (Å²) in [5.41, 5.74) is 2.18. The molecule has 1 N–H and O–H groups in total. The molecule has 0 aliphatic rings. The van der Waals surface area contributed by atoms with Crippen molar-refractivity contribution in [2.75, 3.05) is 5.75 Å². The lowest BCUT2D eigenvalue weighted by Gasteiger charge is -2.14. The summed E-state index contributed by atoms with van der Waals surface area (Å²) >= 11 is 0. The second kappa shape index (κ2) is 8.11. The highest BCUT2D eigenvalue weighted by Crippen LogP contribution is 2.12. The first kappa shape index (κ1) is 18.2. The minimum Gasteiger partial charge on any atom is -0.353 e. The average Bonchev–Trinajstić information content (AvgIpc) is 2.53. The van der Waals surface area contributed by atoms with Crippen LogP contribution in [0, 0.1) is 6.92 Å². The van der Waals surface area contributed by atoms with Crippen molar-refractivity contribution in [2.24, 2.45) is 0 Å². The molecular formula is C19H23NO3S. The van der Waals surface area contributed by atoms with Gasteiger partial charge in [-0.25, -0.2) is 8.42 Å². The van der Waals surface area contributed by atoms with Gasteiger partial charge in [-0.05, 0) is 44.4 Å². The van der Waals surface area contributed by atoms with Crippen molar-refractivity contribution in [3.8, 4) is 0 Å². The number of carbonyl (C=O) groups is 1. The molecule has 2 rings (SSSR count). The first-order valence-corrected chi connectivity index (χ1v) is 9.65. The van der Waals surface area contributed by atoms with Crippen molar-refractivity contribution in [3.63, 3.8) is 0 Å². The Hall–Kier alpha value is -2.14. The standard InChI is InChI=1S/C19H23NO3S/c1-15-8-12-18(13-9-15)24(22,23)14-19(21)20-16(2)10-11-17-6-4-3-5-7-17/h3-9,12-13,16H,10-11,14H2,1-2H3,(H,20,21). The predicted molar refractivity (Wildman–Crippen MR) is 95.6 cm³/mol. The van der Waals surface area contributed by atoms with E-state index in [9.17, 15) is 13.2 Å². The van der Waals surface area contributed by atoms with E-state index in [4.69, 9.17) is 0 Å².